The average molecular weight is 160 g/mol. The van der Waals surface area contributed by atoms with Crippen LogP contribution in [0.5, 0.6) is 0 Å². The van der Waals surface area contributed by atoms with Crippen molar-refractivity contribution in [3.63, 3.8) is 0 Å². The molecular formula is C11H12O. The van der Waals surface area contributed by atoms with Gasteiger partial charge in [0, 0.05) is 5.56 Å². The Balaban J connectivity index is 2.92. The van der Waals surface area contributed by atoms with Gasteiger partial charge in [0.25, 0.3) is 0 Å². The van der Waals surface area contributed by atoms with Gasteiger partial charge in [0.05, 0.1) is 0 Å². The molecule has 12 heavy (non-hydrogen) atoms. The fourth-order valence-corrected chi connectivity index (χ4v) is 1.00. The minimum Gasteiger partial charge on any atom is -0.298 e. The van der Waals surface area contributed by atoms with Crippen LogP contribution in [0.3, 0.4) is 0 Å². The third kappa shape index (κ3) is 2.35. The Labute approximate surface area is 72.7 Å². The number of benzene rings is 1. The summed E-state index contributed by atoms with van der Waals surface area (Å²) in [5.74, 6) is 0. The van der Waals surface area contributed by atoms with E-state index in [1.165, 1.54) is 5.57 Å². The highest BCUT2D eigenvalue weighted by molar-refractivity contribution is 5.75. The number of carbonyl (C=O) groups excluding carboxylic acids is 1. The van der Waals surface area contributed by atoms with E-state index in [0.29, 0.717) is 0 Å². The van der Waals surface area contributed by atoms with E-state index >= 15 is 0 Å². The molecule has 0 aliphatic rings. The van der Waals surface area contributed by atoms with Crippen LogP contribution in [0.25, 0.3) is 6.08 Å². The number of hydrogen-bond donors (Lipinski definition) is 0. The Bertz CT molecular complexity index is 289. The van der Waals surface area contributed by atoms with Gasteiger partial charge in [-0.2, -0.15) is 0 Å². The van der Waals surface area contributed by atoms with Crippen molar-refractivity contribution >= 4 is 12.4 Å². The van der Waals surface area contributed by atoms with Crippen molar-refractivity contribution in [3.05, 3.63) is 41.0 Å². The van der Waals surface area contributed by atoms with Gasteiger partial charge in [0.2, 0.25) is 0 Å². The molecule has 0 radical (unpaired) electrons. The van der Waals surface area contributed by atoms with E-state index in [4.69, 9.17) is 0 Å². The Morgan fingerprint density at radius 3 is 2.00 bits per heavy atom. The molecule has 0 saturated heterocycles. The van der Waals surface area contributed by atoms with E-state index in [2.05, 4.69) is 6.08 Å². The van der Waals surface area contributed by atoms with Crippen LogP contribution in [0.2, 0.25) is 0 Å². The topological polar surface area (TPSA) is 17.1 Å². The van der Waals surface area contributed by atoms with E-state index in [9.17, 15) is 4.79 Å². The molecule has 0 aliphatic carbocycles. The lowest BCUT2D eigenvalue weighted by molar-refractivity contribution is 0.112. The predicted molar refractivity (Wildman–Crippen MR) is 51.2 cm³/mol. The molecule has 1 nitrogen and oxygen atoms in total. The Kier molecular flexibility index (Phi) is 2.81. The molecule has 0 unspecified atom stereocenters. The SMILES string of the molecule is CC(C)=Cc1ccc(C=O)cc1. The maximum atomic E-state index is 10.3. The average Bonchev–Trinajstić information content (AvgIpc) is 2.05. The van der Waals surface area contributed by atoms with Crippen LogP contribution in [-0.4, -0.2) is 6.29 Å². The summed E-state index contributed by atoms with van der Waals surface area (Å²) in [7, 11) is 0. The zero-order valence-corrected chi connectivity index (χ0v) is 7.37. The van der Waals surface area contributed by atoms with Gasteiger partial charge in [-0.15, -0.1) is 0 Å². The van der Waals surface area contributed by atoms with Crippen LogP contribution in [0, 0.1) is 0 Å². The molecule has 62 valence electrons. The van der Waals surface area contributed by atoms with E-state index in [0.717, 1.165) is 17.4 Å². The van der Waals surface area contributed by atoms with E-state index in [1.807, 2.05) is 38.1 Å². The number of aldehydes is 1. The molecule has 0 spiro atoms. The highest BCUT2D eigenvalue weighted by atomic mass is 16.1. The van der Waals surface area contributed by atoms with Crippen molar-refractivity contribution in [3.8, 4) is 0 Å². The third-order valence-corrected chi connectivity index (χ3v) is 1.53. The van der Waals surface area contributed by atoms with Crippen molar-refractivity contribution in [2.24, 2.45) is 0 Å². The molecule has 1 aromatic rings. The minimum absolute atomic E-state index is 0.723. The van der Waals surface area contributed by atoms with Gasteiger partial charge < -0.3 is 0 Å². The summed E-state index contributed by atoms with van der Waals surface area (Å²) in [5.41, 5.74) is 3.12. The van der Waals surface area contributed by atoms with Crippen molar-refractivity contribution in [1.82, 2.24) is 0 Å². The number of rotatable bonds is 2. The maximum Gasteiger partial charge on any atom is 0.150 e. The lowest BCUT2D eigenvalue weighted by atomic mass is 10.1. The normalized spacial score (nSPS) is 9.17. The first-order valence-electron chi connectivity index (χ1n) is 3.92. The quantitative estimate of drug-likeness (QED) is 0.608. The highest BCUT2D eigenvalue weighted by Gasteiger charge is 1.89. The molecule has 1 heteroatoms. The molecule has 0 aliphatic heterocycles. The molecule has 0 fully saturated rings. The van der Waals surface area contributed by atoms with E-state index in [-0.39, 0.29) is 0 Å². The summed E-state index contributed by atoms with van der Waals surface area (Å²) < 4.78 is 0. The Morgan fingerprint density at radius 2 is 1.58 bits per heavy atom. The van der Waals surface area contributed by atoms with Gasteiger partial charge in [0.1, 0.15) is 6.29 Å². The smallest absolute Gasteiger partial charge is 0.150 e. The van der Waals surface area contributed by atoms with Crippen LogP contribution >= 0.6 is 0 Å². The van der Waals surface area contributed by atoms with Crippen molar-refractivity contribution in [2.45, 2.75) is 13.8 Å². The molecule has 0 saturated carbocycles. The molecule has 0 amide bonds. The zero-order chi connectivity index (χ0) is 8.97. The number of hydrogen-bond acceptors (Lipinski definition) is 1. The second-order valence-corrected chi connectivity index (χ2v) is 3.01. The molecule has 0 bridgehead atoms. The summed E-state index contributed by atoms with van der Waals surface area (Å²) in [5, 5.41) is 0. The van der Waals surface area contributed by atoms with Gasteiger partial charge in [-0.05, 0) is 19.4 Å². The van der Waals surface area contributed by atoms with Crippen LogP contribution in [0.4, 0.5) is 0 Å². The van der Waals surface area contributed by atoms with Gasteiger partial charge in [-0.25, -0.2) is 0 Å². The molecular weight excluding hydrogens is 148 g/mol. The first-order valence-corrected chi connectivity index (χ1v) is 3.92. The van der Waals surface area contributed by atoms with Gasteiger partial charge in [-0.3, -0.25) is 4.79 Å². The van der Waals surface area contributed by atoms with E-state index < -0.39 is 0 Å². The molecule has 0 aromatic heterocycles. The largest absolute Gasteiger partial charge is 0.298 e. The van der Waals surface area contributed by atoms with Crippen molar-refractivity contribution in [1.29, 1.82) is 0 Å². The van der Waals surface area contributed by atoms with Crippen molar-refractivity contribution < 1.29 is 4.79 Å². The Hall–Kier alpha value is -1.37. The highest BCUT2D eigenvalue weighted by Crippen LogP contribution is 2.07. The van der Waals surface area contributed by atoms with Crippen LogP contribution in [0.1, 0.15) is 29.8 Å². The summed E-state index contributed by atoms with van der Waals surface area (Å²) in [4.78, 5) is 10.3. The maximum absolute atomic E-state index is 10.3. The van der Waals surface area contributed by atoms with Gasteiger partial charge >= 0.3 is 0 Å². The molecule has 0 N–H and O–H groups in total. The number of allylic oxidation sites excluding steroid dienone is 1. The van der Waals surface area contributed by atoms with E-state index in [1.54, 1.807) is 0 Å². The lowest BCUT2D eigenvalue weighted by Crippen LogP contribution is -1.79. The second kappa shape index (κ2) is 3.86. The number of carbonyl (C=O) groups is 1. The lowest BCUT2D eigenvalue weighted by Gasteiger charge is -1.94. The van der Waals surface area contributed by atoms with Gasteiger partial charge in [-0.1, -0.05) is 35.9 Å². The zero-order valence-electron chi connectivity index (χ0n) is 7.37. The first-order chi connectivity index (χ1) is 5.72. The van der Waals surface area contributed by atoms with Crippen LogP contribution < -0.4 is 0 Å². The van der Waals surface area contributed by atoms with Crippen LogP contribution in [0.15, 0.2) is 29.8 Å². The summed E-state index contributed by atoms with van der Waals surface area (Å²) >= 11 is 0. The first kappa shape index (κ1) is 8.72. The summed E-state index contributed by atoms with van der Waals surface area (Å²) in [6.45, 7) is 4.10. The molecule has 0 heterocycles. The van der Waals surface area contributed by atoms with Gasteiger partial charge in [0.15, 0.2) is 0 Å². The molecule has 0 atom stereocenters. The van der Waals surface area contributed by atoms with Crippen molar-refractivity contribution in [2.75, 3.05) is 0 Å². The third-order valence-electron chi connectivity index (χ3n) is 1.53. The fourth-order valence-electron chi connectivity index (χ4n) is 1.00. The molecule has 1 rings (SSSR count). The second-order valence-electron chi connectivity index (χ2n) is 3.01. The summed E-state index contributed by atoms with van der Waals surface area (Å²) in [6.07, 6.45) is 2.93. The summed E-state index contributed by atoms with van der Waals surface area (Å²) in [6, 6.07) is 7.52. The monoisotopic (exact) mass is 160 g/mol. The molecule has 1 aromatic carbocycles. The minimum atomic E-state index is 0.723. The predicted octanol–water partition coefficient (Wildman–Crippen LogP) is 2.92. The Morgan fingerprint density at radius 1 is 1.08 bits per heavy atom. The standard InChI is InChI=1S/C11H12O/c1-9(2)7-10-3-5-11(8-12)6-4-10/h3-8H,1-2H3. The van der Waals surface area contributed by atoms with Crippen LogP contribution in [-0.2, 0) is 0 Å². The fraction of sp³-hybridized carbons (Fsp3) is 0.182.